The number of nitrogens with zero attached hydrogens (tertiary/aromatic N) is 10. The van der Waals surface area contributed by atoms with Crippen molar-refractivity contribution in [2.45, 2.75) is 56.8 Å². The van der Waals surface area contributed by atoms with Crippen molar-refractivity contribution in [1.82, 2.24) is 20.9 Å². The van der Waals surface area contributed by atoms with Crippen molar-refractivity contribution in [1.29, 1.82) is 26.3 Å². The molecule has 0 bridgehead atoms. The van der Waals surface area contributed by atoms with Gasteiger partial charge in [0.05, 0.1) is 102 Å². The number of allylic oxidation sites excluding steroid dienone is 6. The van der Waals surface area contributed by atoms with Gasteiger partial charge in [-0.05, 0) is 24.0 Å². The third-order valence-electron chi connectivity index (χ3n) is 9.66. The normalized spacial score (nSPS) is 20.3. The standard InChI is InChI=1S/C42H45N13O6/c1-48-39(26-46)33-18-30(57)21-37(41(33)50-3)53-6-12-60-15-9-55(8-14-59-11-5-52-36-20-29(56)17-32(35(36)25-45)28(23-43)24-44)10-16-61-13-7-54-38-22-31(58)19-34(42(38)51-4)40(27-47)49-2/h29-31,52-54,56-58H,5-22H2/b39-33-,40-34-. The van der Waals surface area contributed by atoms with Crippen LogP contribution in [0.3, 0.4) is 0 Å². The average Bonchev–Trinajstić information content (AvgIpc) is 3.25. The third kappa shape index (κ3) is 14.3. The molecule has 3 aliphatic carbocycles. The Morgan fingerprint density at radius 3 is 1.28 bits per heavy atom. The second-order valence-corrected chi connectivity index (χ2v) is 13.7. The molecule has 0 saturated carbocycles. The Morgan fingerprint density at radius 1 is 0.557 bits per heavy atom. The molecule has 314 valence electrons. The zero-order chi connectivity index (χ0) is 44.6. The van der Waals surface area contributed by atoms with E-state index in [1.807, 2.05) is 6.07 Å². The zero-order valence-corrected chi connectivity index (χ0v) is 33.5. The number of hydrogen-bond acceptors (Lipinski definition) is 15. The summed E-state index contributed by atoms with van der Waals surface area (Å²) >= 11 is 0. The molecule has 6 N–H and O–H groups in total. The largest absolute Gasteiger partial charge is 0.395 e. The van der Waals surface area contributed by atoms with Gasteiger partial charge in [-0.2, -0.15) is 15.8 Å². The van der Waals surface area contributed by atoms with Crippen LogP contribution in [0.1, 0.15) is 38.5 Å². The minimum atomic E-state index is -0.852. The quantitative estimate of drug-likeness (QED) is 0.0551. The Labute approximate surface area is 355 Å². The summed E-state index contributed by atoms with van der Waals surface area (Å²) in [5.74, 6) is 0. The van der Waals surface area contributed by atoms with Crippen LogP contribution >= 0.6 is 0 Å². The maximum atomic E-state index is 10.3. The van der Waals surface area contributed by atoms with E-state index in [2.05, 4.69) is 40.2 Å². The van der Waals surface area contributed by atoms with Crippen LogP contribution in [-0.2, 0) is 14.2 Å². The topological polar surface area (TPSA) is 264 Å². The summed E-state index contributed by atoms with van der Waals surface area (Å²) in [5.41, 5.74) is 1.84. The predicted molar refractivity (Wildman–Crippen MR) is 215 cm³/mol. The molecular formula is C42H45N13O6. The molecule has 19 nitrogen and oxygen atoms in total. The van der Waals surface area contributed by atoms with Crippen molar-refractivity contribution in [2.75, 3.05) is 78.9 Å². The van der Waals surface area contributed by atoms with Gasteiger partial charge in [0.2, 0.25) is 0 Å². The highest BCUT2D eigenvalue weighted by Gasteiger charge is 2.29. The van der Waals surface area contributed by atoms with Gasteiger partial charge in [0.1, 0.15) is 23.8 Å². The van der Waals surface area contributed by atoms with Crippen LogP contribution in [0.4, 0.5) is 0 Å². The van der Waals surface area contributed by atoms with Crippen molar-refractivity contribution < 1.29 is 29.5 Å². The lowest BCUT2D eigenvalue weighted by Crippen LogP contribution is -2.35. The van der Waals surface area contributed by atoms with E-state index in [1.54, 1.807) is 24.3 Å². The molecule has 0 aromatic rings. The molecular weight excluding hydrogens is 783 g/mol. The summed E-state index contributed by atoms with van der Waals surface area (Å²) in [6.45, 7) is 33.8. The Morgan fingerprint density at radius 2 is 0.934 bits per heavy atom. The van der Waals surface area contributed by atoms with Crippen LogP contribution in [0, 0.1) is 82.9 Å². The van der Waals surface area contributed by atoms with E-state index >= 15 is 0 Å². The van der Waals surface area contributed by atoms with Crippen LogP contribution in [0.25, 0.3) is 19.4 Å². The monoisotopic (exact) mass is 827 g/mol. The summed E-state index contributed by atoms with van der Waals surface area (Å²) in [6.07, 6.45) is -1.86. The molecule has 0 amide bonds. The molecule has 0 aliphatic heterocycles. The van der Waals surface area contributed by atoms with Crippen molar-refractivity contribution in [2.24, 2.45) is 0 Å². The molecule has 61 heavy (non-hydrogen) atoms. The molecule has 3 unspecified atom stereocenters. The predicted octanol–water partition coefficient (Wildman–Crippen LogP) is 2.35. The number of ether oxygens (including phenoxy) is 3. The van der Waals surface area contributed by atoms with Gasteiger partial charge in [-0.1, -0.05) is 0 Å². The van der Waals surface area contributed by atoms with E-state index in [0.29, 0.717) is 76.2 Å². The fourth-order valence-corrected chi connectivity index (χ4v) is 6.81. The first-order valence-electron chi connectivity index (χ1n) is 19.2. The Balaban J connectivity index is 1.55. The lowest BCUT2D eigenvalue weighted by atomic mass is 9.87. The van der Waals surface area contributed by atoms with Gasteiger partial charge in [0.15, 0.2) is 11.4 Å². The number of rotatable bonds is 21. The average molecular weight is 828 g/mol. The molecule has 3 atom stereocenters. The molecule has 0 spiro atoms. The summed E-state index contributed by atoms with van der Waals surface area (Å²) in [4.78, 5) is 15.5. The van der Waals surface area contributed by atoms with Crippen molar-refractivity contribution in [3.05, 3.63) is 113 Å². The van der Waals surface area contributed by atoms with E-state index in [-0.39, 0.29) is 109 Å². The first-order valence-corrected chi connectivity index (χ1v) is 19.2. The summed E-state index contributed by atoms with van der Waals surface area (Å²) < 4.78 is 17.6. The molecule has 0 aromatic carbocycles. The number of nitriles is 5. The SMILES string of the molecule is [C-]#[N+]C1=C(NCCOCCN(CCOCCNC2=C(C#N)C(=C(C#N)C#N)CC(O)C2)CCOCCNC2=C([N+]#[C-])/C(=C(/C#N)[N+]#[C-])CC(O)C2)CC(O)C/C1=C(\C#N)[N+]#[C-]. The summed E-state index contributed by atoms with van der Waals surface area (Å²) in [5, 5.41) is 87.3. The van der Waals surface area contributed by atoms with Crippen LogP contribution in [0.15, 0.2) is 67.7 Å². The van der Waals surface area contributed by atoms with Gasteiger partial charge in [-0.3, -0.25) is 4.90 Å². The van der Waals surface area contributed by atoms with Crippen LogP contribution in [0.2, 0.25) is 0 Å². The fourth-order valence-electron chi connectivity index (χ4n) is 6.81. The number of aliphatic hydroxyl groups excluding tert-OH is 3. The number of nitrogens with one attached hydrogen (secondary N) is 3. The molecule has 0 saturated heterocycles. The fraction of sp³-hybridized carbons (Fsp3) is 0.500. The van der Waals surface area contributed by atoms with Gasteiger partial charge >= 0.3 is 0 Å². The molecule has 3 aliphatic rings. The molecule has 0 radical (unpaired) electrons. The zero-order valence-electron chi connectivity index (χ0n) is 33.5. The van der Waals surface area contributed by atoms with Gasteiger partial charge in [-0.15, -0.1) is 0 Å². The maximum Gasteiger partial charge on any atom is 0.255 e. The summed E-state index contributed by atoms with van der Waals surface area (Å²) in [7, 11) is 0. The van der Waals surface area contributed by atoms with E-state index < -0.39 is 18.3 Å². The van der Waals surface area contributed by atoms with Crippen LogP contribution < -0.4 is 16.0 Å². The van der Waals surface area contributed by atoms with E-state index in [4.69, 9.17) is 40.5 Å². The molecule has 0 aromatic heterocycles. The van der Waals surface area contributed by atoms with Gasteiger partial charge in [0, 0.05) is 87.6 Å². The highest BCUT2D eigenvalue weighted by Crippen LogP contribution is 2.34. The smallest absolute Gasteiger partial charge is 0.255 e. The third-order valence-corrected chi connectivity index (χ3v) is 9.66. The molecule has 0 heterocycles. The summed E-state index contributed by atoms with van der Waals surface area (Å²) in [6, 6.07) is 9.23. The number of aliphatic hydroxyl groups is 3. The minimum absolute atomic E-state index is 0.0353. The lowest BCUT2D eigenvalue weighted by Gasteiger charge is -2.25. The van der Waals surface area contributed by atoms with Crippen molar-refractivity contribution in [3.63, 3.8) is 0 Å². The van der Waals surface area contributed by atoms with Crippen LogP contribution in [-0.4, -0.2) is 117 Å². The van der Waals surface area contributed by atoms with Crippen molar-refractivity contribution >= 4 is 0 Å². The van der Waals surface area contributed by atoms with Crippen molar-refractivity contribution in [3.8, 4) is 30.3 Å². The van der Waals surface area contributed by atoms with Gasteiger partial charge < -0.3 is 45.5 Å². The number of hydrogen-bond donors (Lipinski definition) is 6. The van der Waals surface area contributed by atoms with E-state index in [1.165, 1.54) is 0 Å². The Bertz CT molecular complexity index is 1920. The second kappa shape index (κ2) is 26.1. The first-order chi connectivity index (χ1) is 29.6. The minimum Gasteiger partial charge on any atom is -0.395 e. The highest BCUT2D eigenvalue weighted by molar-refractivity contribution is 5.57. The first kappa shape index (κ1) is 48.3. The maximum absolute atomic E-state index is 10.3. The van der Waals surface area contributed by atoms with Crippen LogP contribution in [0.5, 0.6) is 0 Å². The molecule has 3 rings (SSSR count). The highest BCUT2D eigenvalue weighted by atomic mass is 16.5. The molecule has 19 heteroatoms. The lowest BCUT2D eigenvalue weighted by molar-refractivity contribution is 0.0547. The van der Waals surface area contributed by atoms with E-state index in [0.717, 1.165) is 0 Å². The Hall–Kier alpha value is -7.03. The van der Waals surface area contributed by atoms with Gasteiger partial charge in [0.25, 0.3) is 11.4 Å². The molecule has 0 fully saturated rings. The second-order valence-electron chi connectivity index (χ2n) is 13.7. The van der Waals surface area contributed by atoms with E-state index in [9.17, 15) is 41.6 Å². The Kier molecular flexibility index (Phi) is 20.7. The van der Waals surface area contributed by atoms with Gasteiger partial charge in [-0.25, -0.2) is 29.9 Å².